The first-order chi connectivity index (χ1) is 13.2. The Morgan fingerprint density at radius 3 is 2.63 bits per heavy atom. The molecular weight excluding hydrogens is 342 g/mol. The molecule has 2 fully saturated rings. The normalized spacial score (nSPS) is 22.2. The summed E-state index contributed by atoms with van der Waals surface area (Å²) < 4.78 is 0. The Labute approximate surface area is 158 Å². The van der Waals surface area contributed by atoms with Gasteiger partial charge in [0.05, 0.1) is 12.6 Å². The minimum Gasteiger partial charge on any atom is -0.342 e. The molecule has 0 saturated carbocycles. The van der Waals surface area contributed by atoms with E-state index >= 15 is 0 Å². The molecule has 2 aliphatic rings. The van der Waals surface area contributed by atoms with Crippen LogP contribution in [0.2, 0.25) is 0 Å². The second kappa shape index (κ2) is 7.42. The van der Waals surface area contributed by atoms with E-state index in [2.05, 4.69) is 15.0 Å². The fourth-order valence-electron chi connectivity index (χ4n) is 4.22. The zero-order valence-electron chi connectivity index (χ0n) is 15.3. The summed E-state index contributed by atoms with van der Waals surface area (Å²) >= 11 is 0. The molecule has 0 unspecified atom stereocenters. The van der Waals surface area contributed by atoms with Crippen LogP contribution < -0.4 is 0 Å². The van der Waals surface area contributed by atoms with Gasteiger partial charge in [0.25, 0.3) is 5.91 Å². The van der Waals surface area contributed by atoms with Crippen LogP contribution in [0.4, 0.5) is 0 Å². The molecule has 0 bridgehead atoms. The Hall–Kier alpha value is -2.83. The molecule has 27 heavy (non-hydrogen) atoms. The van der Waals surface area contributed by atoms with E-state index in [-0.39, 0.29) is 17.2 Å². The number of carbonyl (C=O) groups excluding carboxylic acids is 2. The number of hydrogen-bond acceptors (Lipinski definition) is 5. The summed E-state index contributed by atoms with van der Waals surface area (Å²) in [6, 6.07) is 3.79. The molecule has 1 atom stereocenters. The number of rotatable bonds is 3. The van der Waals surface area contributed by atoms with E-state index in [9.17, 15) is 9.59 Å². The lowest BCUT2D eigenvalue weighted by atomic mass is 9.79. The number of hydrogen-bond donors (Lipinski definition) is 0. The number of likely N-dealkylation sites (tertiary alicyclic amines) is 2. The van der Waals surface area contributed by atoms with Crippen molar-refractivity contribution in [2.24, 2.45) is 5.41 Å². The average molecular weight is 365 g/mol. The van der Waals surface area contributed by atoms with Crippen LogP contribution in [0.3, 0.4) is 0 Å². The highest BCUT2D eigenvalue weighted by Gasteiger charge is 2.44. The Balaban J connectivity index is 1.40. The molecule has 2 saturated heterocycles. The maximum atomic E-state index is 12.7. The third-order valence-corrected chi connectivity index (χ3v) is 5.60. The van der Waals surface area contributed by atoms with Crippen molar-refractivity contribution in [1.82, 2.24) is 24.8 Å². The summed E-state index contributed by atoms with van der Waals surface area (Å²) in [5.41, 5.74) is 1.32. The molecule has 2 aliphatic heterocycles. The molecule has 7 nitrogen and oxygen atoms in total. The first-order valence-electron chi connectivity index (χ1n) is 9.37. The van der Waals surface area contributed by atoms with E-state index in [1.807, 2.05) is 21.9 Å². The van der Waals surface area contributed by atoms with Crippen molar-refractivity contribution in [1.29, 1.82) is 0 Å². The van der Waals surface area contributed by atoms with Crippen molar-refractivity contribution in [2.45, 2.75) is 25.7 Å². The highest BCUT2D eigenvalue weighted by Crippen LogP contribution is 2.39. The molecule has 1 spiro atoms. The van der Waals surface area contributed by atoms with Crippen molar-refractivity contribution < 1.29 is 9.59 Å². The van der Waals surface area contributed by atoms with Gasteiger partial charge < -0.3 is 9.80 Å². The fraction of sp³-hybridized carbons (Fsp3) is 0.450. The van der Waals surface area contributed by atoms with E-state index in [1.54, 1.807) is 24.8 Å². The summed E-state index contributed by atoms with van der Waals surface area (Å²) in [6.07, 6.45) is 11.4. The van der Waals surface area contributed by atoms with Crippen LogP contribution in [-0.4, -0.2) is 62.7 Å². The highest BCUT2D eigenvalue weighted by molar-refractivity contribution is 5.92. The molecule has 0 aromatic carbocycles. The minimum atomic E-state index is -0.0706. The average Bonchev–Trinajstić information content (AvgIpc) is 3.12. The van der Waals surface area contributed by atoms with E-state index in [1.165, 1.54) is 6.20 Å². The number of carbonyl (C=O) groups is 2. The zero-order chi connectivity index (χ0) is 18.7. The van der Waals surface area contributed by atoms with Gasteiger partial charge in [-0.25, -0.2) is 4.98 Å². The van der Waals surface area contributed by atoms with Gasteiger partial charge in [-0.1, -0.05) is 6.07 Å². The van der Waals surface area contributed by atoms with Crippen LogP contribution in [0.15, 0.2) is 43.1 Å². The first-order valence-corrected chi connectivity index (χ1v) is 9.37. The van der Waals surface area contributed by atoms with E-state index in [4.69, 9.17) is 0 Å². The summed E-state index contributed by atoms with van der Waals surface area (Å²) in [4.78, 5) is 41.4. The summed E-state index contributed by atoms with van der Waals surface area (Å²) in [5.74, 6) is 0.0690. The number of pyridine rings is 1. The lowest BCUT2D eigenvalue weighted by molar-refractivity contribution is -0.133. The topological polar surface area (TPSA) is 79.3 Å². The molecule has 0 N–H and O–H groups in total. The minimum absolute atomic E-state index is 0.000711. The first kappa shape index (κ1) is 17.6. The quantitative estimate of drug-likeness (QED) is 0.825. The van der Waals surface area contributed by atoms with Crippen molar-refractivity contribution in [3.63, 3.8) is 0 Å². The fourth-order valence-corrected chi connectivity index (χ4v) is 4.22. The number of amides is 2. The highest BCUT2D eigenvalue weighted by atomic mass is 16.2. The zero-order valence-corrected chi connectivity index (χ0v) is 15.3. The van der Waals surface area contributed by atoms with Gasteiger partial charge in [-0.2, -0.15) is 0 Å². The molecule has 2 amide bonds. The maximum Gasteiger partial charge on any atom is 0.274 e. The van der Waals surface area contributed by atoms with Crippen LogP contribution in [0.1, 0.15) is 35.3 Å². The lowest BCUT2D eigenvalue weighted by Crippen LogP contribution is -2.48. The Morgan fingerprint density at radius 1 is 1.00 bits per heavy atom. The summed E-state index contributed by atoms with van der Waals surface area (Å²) in [7, 11) is 0. The van der Waals surface area contributed by atoms with Gasteiger partial charge in [-0.05, 0) is 30.9 Å². The molecule has 4 heterocycles. The van der Waals surface area contributed by atoms with Crippen molar-refractivity contribution >= 4 is 11.8 Å². The van der Waals surface area contributed by atoms with E-state index in [0.717, 1.165) is 37.9 Å². The largest absolute Gasteiger partial charge is 0.342 e. The van der Waals surface area contributed by atoms with Gasteiger partial charge in [0.2, 0.25) is 5.91 Å². The van der Waals surface area contributed by atoms with Gasteiger partial charge in [0, 0.05) is 56.4 Å². The molecular formula is C20H23N5O2. The molecule has 0 aliphatic carbocycles. The number of piperidine rings is 1. The Bertz CT molecular complexity index is 814. The van der Waals surface area contributed by atoms with Gasteiger partial charge in [-0.15, -0.1) is 0 Å². The summed E-state index contributed by atoms with van der Waals surface area (Å²) in [6.45, 7) is 2.90. The van der Waals surface area contributed by atoms with Crippen LogP contribution in [-0.2, 0) is 11.2 Å². The van der Waals surface area contributed by atoms with Gasteiger partial charge in [0.1, 0.15) is 5.69 Å². The second-order valence-corrected chi connectivity index (χ2v) is 7.52. The predicted molar refractivity (Wildman–Crippen MR) is 98.7 cm³/mol. The standard InChI is InChI=1S/C20H23N5O2/c26-18(11-16-3-1-6-21-12-16)24-9-2-4-20(14-24)5-10-25(15-20)19(27)17-13-22-7-8-23-17/h1,3,6-8,12-13H,2,4-5,9-11,14-15H2/t20-/m0/s1. The molecule has 140 valence electrons. The molecule has 2 aromatic heterocycles. The van der Waals surface area contributed by atoms with E-state index < -0.39 is 0 Å². The smallest absolute Gasteiger partial charge is 0.274 e. The maximum absolute atomic E-state index is 12.7. The van der Waals surface area contributed by atoms with Crippen molar-refractivity contribution in [2.75, 3.05) is 26.2 Å². The van der Waals surface area contributed by atoms with Gasteiger partial charge >= 0.3 is 0 Å². The van der Waals surface area contributed by atoms with Crippen LogP contribution in [0.5, 0.6) is 0 Å². The van der Waals surface area contributed by atoms with E-state index in [0.29, 0.717) is 25.2 Å². The Morgan fingerprint density at radius 2 is 1.85 bits per heavy atom. The Kier molecular flexibility index (Phi) is 4.83. The predicted octanol–water partition coefficient (Wildman–Crippen LogP) is 1.57. The third-order valence-electron chi connectivity index (χ3n) is 5.60. The second-order valence-electron chi connectivity index (χ2n) is 7.52. The van der Waals surface area contributed by atoms with Crippen LogP contribution in [0.25, 0.3) is 0 Å². The molecule has 4 rings (SSSR count). The lowest BCUT2D eigenvalue weighted by Gasteiger charge is -2.40. The van der Waals surface area contributed by atoms with Crippen LogP contribution in [0, 0.1) is 5.41 Å². The SMILES string of the molecule is O=C(Cc1cccnc1)N1CCC[C@]2(CCN(C(=O)c3cnccn3)C2)C1. The third kappa shape index (κ3) is 3.82. The molecule has 0 radical (unpaired) electrons. The van der Waals surface area contributed by atoms with Gasteiger partial charge in [0.15, 0.2) is 0 Å². The molecule has 7 heteroatoms. The van der Waals surface area contributed by atoms with Crippen LogP contribution >= 0.6 is 0 Å². The van der Waals surface area contributed by atoms with Crippen molar-refractivity contribution in [3.05, 3.63) is 54.4 Å². The monoisotopic (exact) mass is 365 g/mol. The number of nitrogens with zero attached hydrogens (tertiary/aromatic N) is 5. The molecule has 2 aromatic rings. The number of aromatic nitrogens is 3. The van der Waals surface area contributed by atoms with Gasteiger partial charge in [-0.3, -0.25) is 19.6 Å². The van der Waals surface area contributed by atoms with Crippen molar-refractivity contribution in [3.8, 4) is 0 Å². The summed E-state index contributed by atoms with van der Waals surface area (Å²) in [5, 5.41) is 0.